The minimum atomic E-state index is -1.01. The molecule has 0 aliphatic heterocycles. The molecule has 7 N–H and O–H groups in total. The van der Waals surface area contributed by atoms with E-state index in [9.17, 15) is 5.11 Å². The number of hydrogen-bond donors (Lipinski definition) is 6. The number of nitrogens with one attached hydrogen (secondary N) is 2. The maximum absolute atomic E-state index is 9.86. The first-order valence-electron chi connectivity index (χ1n) is 5.90. The zero-order chi connectivity index (χ0) is 13.8. The molecule has 2 unspecified atom stereocenters. The summed E-state index contributed by atoms with van der Waals surface area (Å²) < 4.78 is 0. The quantitative estimate of drug-likeness (QED) is 0.375. The fourth-order valence-electron chi connectivity index (χ4n) is 1.96. The summed E-state index contributed by atoms with van der Waals surface area (Å²) in [7, 11) is 0. The molecule has 0 aliphatic rings. The van der Waals surface area contributed by atoms with Gasteiger partial charge in [-0.1, -0.05) is 0 Å². The van der Waals surface area contributed by atoms with Gasteiger partial charge in [0.2, 0.25) is 5.95 Å². The van der Waals surface area contributed by atoms with Gasteiger partial charge in [-0.15, -0.1) is 0 Å². The van der Waals surface area contributed by atoms with E-state index < -0.39 is 18.8 Å². The van der Waals surface area contributed by atoms with E-state index in [0.717, 1.165) is 0 Å². The topological polar surface area (TPSA) is 140 Å². The van der Waals surface area contributed by atoms with Gasteiger partial charge in [-0.3, -0.25) is 0 Å². The zero-order valence-corrected chi connectivity index (χ0v) is 10.2. The van der Waals surface area contributed by atoms with Gasteiger partial charge in [0.15, 0.2) is 0 Å². The van der Waals surface area contributed by atoms with E-state index in [0.29, 0.717) is 16.6 Å². The first-order chi connectivity index (χ1) is 9.17. The van der Waals surface area contributed by atoms with Crippen LogP contribution in [0.1, 0.15) is 11.6 Å². The molecule has 104 valence electrons. The number of aromatic nitrogens is 3. The smallest absolute Gasteiger partial charge is 0.220 e. The van der Waals surface area contributed by atoms with Crippen LogP contribution in [0.3, 0.4) is 0 Å². The summed E-state index contributed by atoms with van der Waals surface area (Å²) in [4.78, 5) is 11.0. The van der Waals surface area contributed by atoms with Crippen LogP contribution in [0.25, 0.3) is 11.0 Å². The van der Waals surface area contributed by atoms with E-state index in [4.69, 9.17) is 15.9 Å². The van der Waals surface area contributed by atoms with Gasteiger partial charge in [0.05, 0.1) is 42.6 Å². The highest BCUT2D eigenvalue weighted by molar-refractivity contribution is 5.79. The lowest BCUT2D eigenvalue weighted by Crippen LogP contribution is -2.35. The Morgan fingerprint density at radius 1 is 1.42 bits per heavy atom. The van der Waals surface area contributed by atoms with Crippen LogP contribution in [0.2, 0.25) is 0 Å². The predicted molar refractivity (Wildman–Crippen MR) is 69.2 cm³/mol. The van der Waals surface area contributed by atoms with E-state index in [1.807, 2.05) is 0 Å². The van der Waals surface area contributed by atoms with E-state index in [2.05, 4.69) is 20.3 Å². The standard InChI is InChI=1S/C11H17N5O3/c12-11-15-4-7-9(16-11)6(3-14-7)10(8(19)5-18)13-1-2-17/h3-4,8,10,13-14,17-19H,1-2,5H2,(H2,12,15,16). The number of H-pyrrole nitrogens is 1. The molecule has 0 radical (unpaired) electrons. The van der Waals surface area contributed by atoms with Gasteiger partial charge < -0.3 is 31.4 Å². The van der Waals surface area contributed by atoms with Crippen LogP contribution in [-0.4, -0.2) is 56.1 Å². The van der Waals surface area contributed by atoms with Gasteiger partial charge >= 0.3 is 0 Å². The highest BCUT2D eigenvalue weighted by Crippen LogP contribution is 2.24. The summed E-state index contributed by atoms with van der Waals surface area (Å²) >= 11 is 0. The Balaban J connectivity index is 2.40. The Hall–Kier alpha value is -1.74. The van der Waals surface area contributed by atoms with Crippen molar-refractivity contribution in [2.24, 2.45) is 0 Å². The summed E-state index contributed by atoms with van der Waals surface area (Å²) in [5, 5.41) is 30.8. The van der Waals surface area contributed by atoms with Crippen LogP contribution < -0.4 is 11.1 Å². The number of anilines is 1. The van der Waals surface area contributed by atoms with E-state index >= 15 is 0 Å². The molecule has 0 spiro atoms. The van der Waals surface area contributed by atoms with Crippen LogP contribution in [0.5, 0.6) is 0 Å². The van der Waals surface area contributed by atoms with Gasteiger partial charge in [0.1, 0.15) is 0 Å². The molecule has 2 aromatic heterocycles. The van der Waals surface area contributed by atoms with Crippen LogP contribution in [0.15, 0.2) is 12.4 Å². The average molecular weight is 267 g/mol. The van der Waals surface area contributed by atoms with Crippen molar-refractivity contribution < 1.29 is 15.3 Å². The van der Waals surface area contributed by atoms with Gasteiger partial charge in [0, 0.05) is 18.3 Å². The monoisotopic (exact) mass is 267 g/mol. The number of nitrogens with zero attached hydrogens (tertiary/aromatic N) is 2. The predicted octanol–water partition coefficient (Wildman–Crippen LogP) is -1.48. The number of fused-ring (bicyclic) bond motifs is 1. The maximum atomic E-state index is 9.86. The second kappa shape index (κ2) is 5.93. The Labute approximate surface area is 109 Å². The van der Waals surface area contributed by atoms with Crippen molar-refractivity contribution in [1.82, 2.24) is 20.3 Å². The molecule has 0 saturated carbocycles. The second-order valence-corrected chi connectivity index (χ2v) is 4.14. The molecule has 2 atom stereocenters. The van der Waals surface area contributed by atoms with Gasteiger partial charge in [-0.05, 0) is 0 Å². The number of nitrogen functional groups attached to an aromatic ring is 1. The van der Waals surface area contributed by atoms with E-state index in [-0.39, 0.29) is 19.1 Å². The minimum Gasteiger partial charge on any atom is -0.395 e. The molecule has 0 aliphatic carbocycles. The van der Waals surface area contributed by atoms with Gasteiger partial charge in [0.25, 0.3) is 0 Å². The number of aromatic amines is 1. The molecule has 2 aromatic rings. The number of hydrogen-bond acceptors (Lipinski definition) is 7. The largest absolute Gasteiger partial charge is 0.395 e. The van der Waals surface area contributed by atoms with Crippen molar-refractivity contribution in [3.05, 3.63) is 18.0 Å². The second-order valence-electron chi connectivity index (χ2n) is 4.14. The van der Waals surface area contributed by atoms with E-state index in [1.54, 1.807) is 12.4 Å². The normalized spacial score (nSPS) is 14.7. The fraction of sp³-hybridized carbons (Fsp3) is 0.455. The van der Waals surface area contributed by atoms with Crippen molar-refractivity contribution in [3.8, 4) is 0 Å². The number of aliphatic hydroxyl groups is 3. The maximum Gasteiger partial charge on any atom is 0.220 e. The van der Waals surface area contributed by atoms with Crippen molar-refractivity contribution >= 4 is 17.0 Å². The molecule has 0 bridgehead atoms. The van der Waals surface area contributed by atoms with Crippen LogP contribution >= 0.6 is 0 Å². The molecule has 8 heteroatoms. The van der Waals surface area contributed by atoms with Gasteiger partial charge in [-0.2, -0.15) is 0 Å². The average Bonchev–Trinajstić information content (AvgIpc) is 2.82. The molecular formula is C11H17N5O3. The first-order valence-corrected chi connectivity index (χ1v) is 5.90. The number of rotatable bonds is 6. The van der Waals surface area contributed by atoms with Crippen LogP contribution in [0.4, 0.5) is 5.95 Å². The van der Waals surface area contributed by atoms with Crippen LogP contribution in [-0.2, 0) is 0 Å². The Kier molecular flexibility index (Phi) is 4.27. The third-order valence-corrected chi connectivity index (χ3v) is 2.85. The summed E-state index contributed by atoms with van der Waals surface area (Å²) in [5.41, 5.74) is 7.48. The third-order valence-electron chi connectivity index (χ3n) is 2.85. The number of nitrogens with two attached hydrogens (primary N) is 1. The molecular weight excluding hydrogens is 250 g/mol. The Morgan fingerprint density at radius 2 is 2.21 bits per heavy atom. The summed E-state index contributed by atoms with van der Waals surface area (Å²) in [6.45, 7) is -0.195. The molecule has 8 nitrogen and oxygen atoms in total. The highest BCUT2D eigenvalue weighted by Gasteiger charge is 2.23. The first kappa shape index (κ1) is 13.7. The molecule has 19 heavy (non-hydrogen) atoms. The summed E-state index contributed by atoms with van der Waals surface area (Å²) in [5.74, 6) is 0.132. The van der Waals surface area contributed by atoms with Crippen LogP contribution in [0, 0.1) is 0 Å². The van der Waals surface area contributed by atoms with Crippen molar-refractivity contribution in [2.45, 2.75) is 12.1 Å². The molecule has 0 saturated heterocycles. The van der Waals surface area contributed by atoms with E-state index in [1.165, 1.54) is 0 Å². The lowest BCUT2D eigenvalue weighted by molar-refractivity contribution is 0.0612. The molecule has 0 amide bonds. The molecule has 2 rings (SSSR count). The lowest BCUT2D eigenvalue weighted by atomic mass is 10.0. The van der Waals surface area contributed by atoms with Crippen molar-refractivity contribution in [2.75, 3.05) is 25.5 Å². The van der Waals surface area contributed by atoms with Crippen molar-refractivity contribution in [3.63, 3.8) is 0 Å². The Bertz CT molecular complexity index is 544. The SMILES string of the molecule is Nc1ncc2[nH]cc(C(NCCO)C(O)CO)c2n1. The van der Waals surface area contributed by atoms with Crippen molar-refractivity contribution in [1.29, 1.82) is 0 Å². The fourth-order valence-corrected chi connectivity index (χ4v) is 1.96. The lowest BCUT2D eigenvalue weighted by Gasteiger charge is -2.21. The Morgan fingerprint density at radius 3 is 2.89 bits per heavy atom. The van der Waals surface area contributed by atoms with Gasteiger partial charge in [-0.25, -0.2) is 9.97 Å². The zero-order valence-electron chi connectivity index (χ0n) is 10.2. The third kappa shape index (κ3) is 2.82. The molecule has 0 fully saturated rings. The minimum absolute atomic E-state index is 0.0753. The molecule has 0 aromatic carbocycles. The summed E-state index contributed by atoms with van der Waals surface area (Å²) in [6, 6.07) is -0.555. The molecule has 2 heterocycles. The highest BCUT2D eigenvalue weighted by atomic mass is 16.3. The number of aliphatic hydroxyl groups excluding tert-OH is 3. The summed E-state index contributed by atoms with van der Waals surface area (Å²) in [6.07, 6.45) is 2.21.